The number of hydrogen-bond acceptors (Lipinski definition) is 4. The molecule has 0 fully saturated rings. The van der Waals surface area contributed by atoms with E-state index in [1.165, 1.54) is 0 Å². The van der Waals surface area contributed by atoms with Crippen molar-refractivity contribution in [1.29, 1.82) is 0 Å². The van der Waals surface area contributed by atoms with Crippen molar-refractivity contribution in [2.24, 2.45) is 0 Å². The van der Waals surface area contributed by atoms with E-state index in [1.54, 1.807) is 24.3 Å². The maximum absolute atomic E-state index is 12.3. The maximum Gasteiger partial charge on any atom is 0.255 e. The number of aliphatic hydroxyl groups is 1. The van der Waals surface area contributed by atoms with Gasteiger partial charge < -0.3 is 20.3 Å². The van der Waals surface area contributed by atoms with Crippen LogP contribution in [0.15, 0.2) is 66.7 Å². The Balaban J connectivity index is 1.58. The Bertz CT molecular complexity index is 864. The number of benzene rings is 3. The van der Waals surface area contributed by atoms with Gasteiger partial charge in [-0.25, -0.2) is 0 Å². The molecule has 5 heteroatoms. The third-order valence-corrected chi connectivity index (χ3v) is 3.79. The number of nitrogens with one attached hydrogen (secondary N) is 1. The van der Waals surface area contributed by atoms with E-state index >= 15 is 0 Å². The summed E-state index contributed by atoms with van der Waals surface area (Å²) in [7, 11) is 0. The minimum atomic E-state index is -0.855. The first-order chi connectivity index (χ1) is 12.1. The topological polar surface area (TPSA) is 78.8 Å². The lowest BCUT2D eigenvalue weighted by Crippen LogP contribution is -2.35. The number of phenolic OH excluding ortho intramolecular Hbond substituents is 1. The van der Waals surface area contributed by atoms with Gasteiger partial charge in [0.1, 0.15) is 24.2 Å². The summed E-state index contributed by atoms with van der Waals surface area (Å²) in [6, 6.07) is 19.8. The number of para-hydroxylation sites is 1. The van der Waals surface area contributed by atoms with Gasteiger partial charge in [0, 0.05) is 6.54 Å². The summed E-state index contributed by atoms with van der Waals surface area (Å²) in [6.07, 6.45) is -0.855. The van der Waals surface area contributed by atoms with Crippen molar-refractivity contribution in [3.63, 3.8) is 0 Å². The van der Waals surface area contributed by atoms with Gasteiger partial charge >= 0.3 is 0 Å². The number of aromatic hydroxyl groups is 1. The van der Waals surface area contributed by atoms with Crippen LogP contribution in [0.1, 0.15) is 10.4 Å². The largest absolute Gasteiger partial charge is 0.507 e. The van der Waals surface area contributed by atoms with Crippen LogP contribution in [0.2, 0.25) is 0 Å². The molecular formula is C20H19NO4. The van der Waals surface area contributed by atoms with Gasteiger partial charge in [0.25, 0.3) is 5.91 Å². The molecular weight excluding hydrogens is 318 g/mol. The maximum atomic E-state index is 12.3. The van der Waals surface area contributed by atoms with E-state index < -0.39 is 12.0 Å². The number of ether oxygens (including phenoxy) is 1. The molecule has 0 aliphatic rings. The lowest BCUT2D eigenvalue weighted by molar-refractivity contribution is 0.0842. The standard InChI is InChI=1S/C20H19NO4/c22-16(13-25-17-8-2-1-3-9-17)12-21-20(24)18-10-14-6-4-5-7-15(14)11-19(18)23/h1-11,16,22-23H,12-13H2,(H,21,24). The number of carbonyl (C=O) groups is 1. The van der Waals surface area contributed by atoms with Gasteiger partial charge in [-0.05, 0) is 35.0 Å². The fourth-order valence-corrected chi connectivity index (χ4v) is 2.48. The average Bonchev–Trinajstić information content (AvgIpc) is 2.64. The summed E-state index contributed by atoms with van der Waals surface area (Å²) >= 11 is 0. The lowest BCUT2D eigenvalue weighted by Gasteiger charge is -2.14. The predicted octanol–water partition coefficient (Wildman–Crippen LogP) is 2.72. The fourth-order valence-electron chi connectivity index (χ4n) is 2.48. The Morgan fingerprint density at radius 2 is 1.64 bits per heavy atom. The number of hydrogen-bond donors (Lipinski definition) is 3. The molecule has 0 aliphatic carbocycles. The number of phenols is 1. The summed E-state index contributed by atoms with van der Waals surface area (Å²) < 4.78 is 5.44. The zero-order valence-corrected chi connectivity index (χ0v) is 13.6. The zero-order valence-electron chi connectivity index (χ0n) is 13.6. The third-order valence-electron chi connectivity index (χ3n) is 3.79. The van der Waals surface area contributed by atoms with Crippen molar-refractivity contribution in [3.8, 4) is 11.5 Å². The summed E-state index contributed by atoms with van der Waals surface area (Å²) in [4.78, 5) is 12.3. The molecule has 3 rings (SSSR count). The number of aliphatic hydroxyl groups excluding tert-OH is 1. The van der Waals surface area contributed by atoms with E-state index in [1.807, 2.05) is 42.5 Å². The normalized spacial score (nSPS) is 11.9. The Morgan fingerprint density at radius 1 is 1.00 bits per heavy atom. The van der Waals surface area contributed by atoms with Crippen LogP contribution >= 0.6 is 0 Å². The summed E-state index contributed by atoms with van der Waals surface area (Å²) in [5.74, 6) is 0.119. The van der Waals surface area contributed by atoms with E-state index in [-0.39, 0.29) is 24.5 Å². The first-order valence-electron chi connectivity index (χ1n) is 7.99. The van der Waals surface area contributed by atoms with Crippen molar-refractivity contribution < 1.29 is 19.7 Å². The molecule has 25 heavy (non-hydrogen) atoms. The van der Waals surface area contributed by atoms with E-state index in [0.717, 1.165) is 10.8 Å². The monoisotopic (exact) mass is 337 g/mol. The summed E-state index contributed by atoms with van der Waals surface area (Å²) in [6.45, 7) is 0.0892. The highest BCUT2D eigenvalue weighted by Crippen LogP contribution is 2.24. The first kappa shape index (κ1) is 16.8. The van der Waals surface area contributed by atoms with E-state index in [2.05, 4.69) is 5.32 Å². The summed E-state index contributed by atoms with van der Waals surface area (Å²) in [5, 5.41) is 24.3. The van der Waals surface area contributed by atoms with Crippen LogP contribution in [0.3, 0.4) is 0 Å². The van der Waals surface area contributed by atoms with Crippen LogP contribution in [-0.4, -0.2) is 35.4 Å². The molecule has 0 spiro atoms. The highest BCUT2D eigenvalue weighted by Gasteiger charge is 2.14. The second-order valence-electron chi connectivity index (χ2n) is 5.70. The number of carbonyl (C=O) groups excluding carboxylic acids is 1. The number of rotatable bonds is 6. The third kappa shape index (κ3) is 4.28. The quantitative estimate of drug-likeness (QED) is 0.646. The van der Waals surface area contributed by atoms with Crippen molar-refractivity contribution in [3.05, 3.63) is 72.3 Å². The van der Waals surface area contributed by atoms with Crippen LogP contribution in [-0.2, 0) is 0 Å². The van der Waals surface area contributed by atoms with Crippen molar-refractivity contribution in [2.75, 3.05) is 13.2 Å². The molecule has 0 heterocycles. The molecule has 3 N–H and O–H groups in total. The van der Waals surface area contributed by atoms with E-state index in [9.17, 15) is 15.0 Å². The second-order valence-corrected chi connectivity index (χ2v) is 5.70. The van der Waals surface area contributed by atoms with E-state index in [4.69, 9.17) is 4.74 Å². The van der Waals surface area contributed by atoms with Crippen LogP contribution in [0, 0.1) is 0 Å². The smallest absolute Gasteiger partial charge is 0.255 e. The Hall–Kier alpha value is -3.05. The van der Waals surface area contributed by atoms with Crippen LogP contribution < -0.4 is 10.1 Å². The molecule has 0 saturated carbocycles. The Morgan fingerprint density at radius 3 is 2.36 bits per heavy atom. The van der Waals surface area contributed by atoms with Gasteiger partial charge in [-0.2, -0.15) is 0 Å². The Labute approximate surface area is 145 Å². The second kappa shape index (κ2) is 7.68. The van der Waals surface area contributed by atoms with Gasteiger partial charge in [0.05, 0.1) is 5.56 Å². The molecule has 0 aliphatic heterocycles. The van der Waals surface area contributed by atoms with Gasteiger partial charge in [-0.15, -0.1) is 0 Å². The average molecular weight is 337 g/mol. The molecule has 1 atom stereocenters. The van der Waals surface area contributed by atoms with E-state index in [0.29, 0.717) is 5.75 Å². The molecule has 0 radical (unpaired) electrons. The molecule has 1 amide bonds. The minimum absolute atomic E-state index is 0.0257. The summed E-state index contributed by atoms with van der Waals surface area (Å²) in [5.41, 5.74) is 0.176. The van der Waals surface area contributed by atoms with Gasteiger partial charge in [0.2, 0.25) is 0 Å². The minimum Gasteiger partial charge on any atom is -0.507 e. The highest BCUT2D eigenvalue weighted by molar-refractivity contribution is 6.01. The van der Waals surface area contributed by atoms with Crippen molar-refractivity contribution >= 4 is 16.7 Å². The first-order valence-corrected chi connectivity index (χ1v) is 7.99. The molecule has 5 nitrogen and oxygen atoms in total. The van der Waals surface area contributed by atoms with Crippen molar-refractivity contribution in [1.82, 2.24) is 5.32 Å². The van der Waals surface area contributed by atoms with Gasteiger partial charge in [-0.1, -0.05) is 42.5 Å². The Kier molecular flexibility index (Phi) is 5.16. The van der Waals surface area contributed by atoms with Gasteiger partial charge in [-0.3, -0.25) is 4.79 Å². The lowest BCUT2D eigenvalue weighted by atomic mass is 10.1. The van der Waals surface area contributed by atoms with Crippen LogP contribution in [0.25, 0.3) is 10.8 Å². The SMILES string of the molecule is O=C(NCC(O)COc1ccccc1)c1cc2ccccc2cc1O. The molecule has 3 aromatic rings. The molecule has 0 saturated heterocycles. The number of amides is 1. The van der Waals surface area contributed by atoms with Crippen molar-refractivity contribution in [2.45, 2.75) is 6.10 Å². The molecule has 0 aromatic heterocycles. The molecule has 3 aromatic carbocycles. The van der Waals surface area contributed by atoms with Crippen LogP contribution in [0.5, 0.6) is 11.5 Å². The predicted molar refractivity (Wildman–Crippen MR) is 95.9 cm³/mol. The molecule has 0 bridgehead atoms. The fraction of sp³-hybridized carbons (Fsp3) is 0.150. The van der Waals surface area contributed by atoms with Crippen LogP contribution in [0.4, 0.5) is 0 Å². The molecule has 1 unspecified atom stereocenters. The molecule has 128 valence electrons. The zero-order chi connectivity index (χ0) is 17.6. The number of fused-ring (bicyclic) bond motifs is 1. The van der Waals surface area contributed by atoms with Gasteiger partial charge in [0.15, 0.2) is 0 Å². The highest BCUT2D eigenvalue weighted by atomic mass is 16.5.